The summed E-state index contributed by atoms with van der Waals surface area (Å²) < 4.78 is 0. The van der Waals surface area contributed by atoms with Crippen LogP contribution in [0.25, 0.3) is 0 Å². The van der Waals surface area contributed by atoms with Crippen LogP contribution in [-0.4, -0.2) is 0 Å². The number of rotatable bonds is 2. The lowest BCUT2D eigenvalue weighted by Gasteiger charge is -2.43. The molecule has 0 heterocycles. The Bertz CT molecular complexity index is 232. The Labute approximate surface area is 88.5 Å². The first-order valence-corrected chi connectivity index (χ1v) is 6.70. The van der Waals surface area contributed by atoms with Gasteiger partial charge in [0.1, 0.15) is 0 Å². The summed E-state index contributed by atoms with van der Waals surface area (Å²) in [7, 11) is 0. The first kappa shape index (κ1) is 9.24. The standard InChI is InChI=1S/C14H24/c1-3-11-5-4-6-14(9-10-14)12(11)13(2)7-8-13/h11-12H,3-10H2,1-2H3. The van der Waals surface area contributed by atoms with E-state index in [0.29, 0.717) is 0 Å². The fourth-order valence-corrected chi connectivity index (χ4v) is 4.52. The Morgan fingerprint density at radius 1 is 1.07 bits per heavy atom. The minimum Gasteiger partial charge on any atom is -0.0651 e. The summed E-state index contributed by atoms with van der Waals surface area (Å²) in [4.78, 5) is 0. The highest BCUT2D eigenvalue weighted by atomic mass is 14.7. The fraction of sp³-hybridized carbons (Fsp3) is 1.00. The molecule has 80 valence electrons. The maximum atomic E-state index is 2.58. The predicted octanol–water partition coefficient (Wildman–Crippen LogP) is 4.39. The zero-order chi connectivity index (χ0) is 9.81. The van der Waals surface area contributed by atoms with Crippen molar-refractivity contribution in [3.63, 3.8) is 0 Å². The molecule has 2 atom stereocenters. The smallest absolute Gasteiger partial charge is 0.0261 e. The van der Waals surface area contributed by atoms with Crippen LogP contribution in [0.1, 0.15) is 65.2 Å². The highest BCUT2D eigenvalue weighted by Crippen LogP contribution is 2.71. The molecule has 0 heteroatoms. The lowest BCUT2D eigenvalue weighted by atomic mass is 9.62. The molecule has 0 N–H and O–H groups in total. The summed E-state index contributed by atoms with van der Waals surface area (Å²) in [6.45, 7) is 5.00. The average molecular weight is 192 g/mol. The van der Waals surface area contributed by atoms with E-state index in [9.17, 15) is 0 Å². The molecule has 3 rings (SSSR count). The average Bonchev–Trinajstić information content (AvgIpc) is 3.08. The highest BCUT2D eigenvalue weighted by Gasteiger charge is 2.62. The topological polar surface area (TPSA) is 0 Å². The van der Waals surface area contributed by atoms with Crippen LogP contribution in [0.3, 0.4) is 0 Å². The van der Waals surface area contributed by atoms with E-state index in [2.05, 4.69) is 13.8 Å². The molecule has 1 spiro atoms. The van der Waals surface area contributed by atoms with E-state index in [1.807, 2.05) is 0 Å². The molecule has 0 aromatic heterocycles. The molecule has 3 saturated carbocycles. The predicted molar refractivity (Wildman–Crippen MR) is 60.1 cm³/mol. The minimum absolute atomic E-state index is 0.789. The maximum absolute atomic E-state index is 2.58. The summed E-state index contributed by atoms with van der Waals surface area (Å²) in [6.07, 6.45) is 12.3. The summed E-state index contributed by atoms with van der Waals surface area (Å²) in [5.74, 6) is 2.20. The first-order chi connectivity index (χ1) is 6.70. The van der Waals surface area contributed by atoms with Gasteiger partial charge < -0.3 is 0 Å². The van der Waals surface area contributed by atoms with Crippen LogP contribution in [0.4, 0.5) is 0 Å². The van der Waals surface area contributed by atoms with E-state index < -0.39 is 0 Å². The van der Waals surface area contributed by atoms with Gasteiger partial charge >= 0.3 is 0 Å². The monoisotopic (exact) mass is 192 g/mol. The lowest BCUT2D eigenvalue weighted by molar-refractivity contribution is 0.0640. The number of hydrogen-bond acceptors (Lipinski definition) is 0. The second-order valence-electron chi connectivity index (χ2n) is 6.55. The van der Waals surface area contributed by atoms with Crippen molar-refractivity contribution in [2.45, 2.75) is 65.2 Å². The second kappa shape index (κ2) is 2.77. The molecule has 3 aliphatic carbocycles. The molecule has 0 aromatic carbocycles. The van der Waals surface area contributed by atoms with Gasteiger partial charge in [-0.25, -0.2) is 0 Å². The van der Waals surface area contributed by atoms with E-state index in [0.717, 1.165) is 22.7 Å². The van der Waals surface area contributed by atoms with Gasteiger partial charge in [0.05, 0.1) is 0 Å². The van der Waals surface area contributed by atoms with Crippen LogP contribution in [0.15, 0.2) is 0 Å². The van der Waals surface area contributed by atoms with Crippen molar-refractivity contribution >= 4 is 0 Å². The molecular formula is C14H24. The molecule has 3 aliphatic rings. The van der Waals surface area contributed by atoms with Crippen LogP contribution in [-0.2, 0) is 0 Å². The third kappa shape index (κ3) is 1.19. The third-order valence-corrected chi connectivity index (χ3v) is 5.59. The van der Waals surface area contributed by atoms with Crippen molar-refractivity contribution in [1.82, 2.24) is 0 Å². The molecule has 3 fully saturated rings. The van der Waals surface area contributed by atoms with Crippen LogP contribution in [0, 0.1) is 22.7 Å². The van der Waals surface area contributed by atoms with Gasteiger partial charge in [-0.2, -0.15) is 0 Å². The van der Waals surface area contributed by atoms with Gasteiger partial charge in [-0.1, -0.05) is 33.1 Å². The normalized spacial score (nSPS) is 42.4. The van der Waals surface area contributed by atoms with E-state index in [1.54, 1.807) is 25.7 Å². The van der Waals surface area contributed by atoms with Crippen LogP contribution >= 0.6 is 0 Å². The third-order valence-electron chi connectivity index (χ3n) is 5.59. The SMILES string of the molecule is CCC1CCCC2(CC2)C1C1(C)CC1. The quantitative estimate of drug-likeness (QED) is 0.608. The molecule has 0 radical (unpaired) electrons. The molecule has 0 nitrogen and oxygen atoms in total. The Hall–Kier alpha value is 0. The van der Waals surface area contributed by atoms with Crippen LogP contribution in [0.5, 0.6) is 0 Å². The number of hydrogen-bond donors (Lipinski definition) is 0. The Kier molecular flexibility index (Phi) is 1.83. The molecule has 0 amide bonds. The molecule has 0 bridgehead atoms. The van der Waals surface area contributed by atoms with Gasteiger partial charge in [-0.3, -0.25) is 0 Å². The molecule has 0 aromatic rings. The van der Waals surface area contributed by atoms with Gasteiger partial charge in [0.2, 0.25) is 0 Å². The van der Waals surface area contributed by atoms with Gasteiger partial charge in [0, 0.05) is 0 Å². The molecular weight excluding hydrogens is 168 g/mol. The van der Waals surface area contributed by atoms with Crippen molar-refractivity contribution in [3.05, 3.63) is 0 Å². The largest absolute Gasteiger partial charge is 0.0651 e. The Morgan fingerprint density at radius 3 is 2.29 bits per heavy atom. The minimum atomic E-state index is 0.789. The molecule has 2 unspecified atom stereocenters. The Balaban J connectivity index is 1.86. The molecule has 14 heavy (non-hydrogen) atoms. The molecule has 0 saturated heterocycles. The summed E-state index contributed by atoms with van der Waals surface area (Å²) in [5.41, 5.74) is 1.65. The summed E-state index contributed by atoms with van der Waals surface area (Å²) in [5, 5.41) is 0. The van der Waals surface area contributed by atoms with Crippen molar-refractivity contribution < 1.29 is 0 Å². The highest BCUT2D eigenvalue weighted by molar-refractivity contribution is 5.11. The first-order valence-electron chi connectivity index (χ1n) is 6.70. The van der Waals surface area contributed by atoms with E-state index in [1.165, 1.54) is 25.7 Å². The van der Waals surface area contributed by atoms with Gasteiger partial charge in [0.25, 0.3) is 0 Å². The lowest BCUT2D eigenvalue weighted by Crippen LogP contribution is -2.35. The summed E-state index contributed by atoms with van der Waals surface area (Å²) in [6, 6.07) is 0. The zero-order valence-electron chi connectivity index (χ0n) is 9.81. The van der Waals surface area contributed by atoms with Gasteiger partial charge in [-0.05, 0) is 54.8 Å². The fourth-order valence-electron chi connectivity index (χ4n) is 4.52. The van der Waals surface area contributed by atoms with E-state index in [4.69, 9.17) is 0 Å². The van der Waals surface area contributed by atoms with Gasteiger partial charge in [0.15, 0.2) is 0 Å². The Morgan fingerprint density at radius 2 is 1.79 bits per heavy atom. The van der Waals surface area contributed by atoms with Crippen molar-refractivity contribution in [2.75, 3.05) is 0 Å². The van der Waals surface area contributed by atoms with Crippen LogP contribution < -0.4 is 0 Å². The van der Waals surface area contributed by atoms with Crippen LogP contribution in [0.2, 0.25) is 0 Å². The van der Waals surface area contributed by atoms with Crippen molar-refractivity contribution in [3.8, 4) is 0 Å². The second-order valence-corrected chi connectivity index (χ2v) is 6.55. The van der Waals surface area contributed by atoms with E-state index in [-0.39, 0.29) is 0 Å². The van der Waals surface area contributed by atoms with Gasteiger partial charge in [-0.15, -0.1) is 0 Å². The zero-order valence-corrected chi connectivity index (χ0v) is 9.81. The maximum Gasteiger partial charge on any atom is -0.0261 e. The molecule has 0 aliphatic heterocycles. The van der Waals surface area contributed by atoms with Crippen molar-refractivity contribution in [2.24, 2.45) is 22.7 Å². The summed E-state index contributed by atoms with van der Waals surface area (Å²) >= 11 is 0. The van der Waals surface area contributed by atoms with E-state index >= 15 is 0 Å². The van der Waals surface area contributed by atoms with Crippen molar-refractivity contribution in [1.29, 1.82) is 0 Å².